The van der Waals surface area contributed by atoms with Gasteiger partial charge in [-0.15, -0.1) is 0 Å². The Kier molecular flexibility index (Phi) is 4.17. The zero-order valence-corrected chi connectivity index (χ0v) is 9.84. The Hall–Kier alpha value is -0.310. The second-order valence-corrected chi connectivity index (χ2v) is 5.53. The fourth-order valence-corrected chi connectivity index (χ4v) is 2.82. The van der Waals surface area contributed by atoms with E-state index in [2.05, 4.69) is 5.32 Å². The Morgan fingerprint density at radius 2 is 2.00 bits per heavy atom. The van der Waals surface area contributed by atoms with E-state index in [9.17, 15) is 4.57 Å². The molecule has 0 saturated carbocycles. The number of hydrogen-bond acceptors (Lipinski definition) is 4. The smallest absolute Gasteiger partial charge is 0.355 e. The summed E-state index contributed by atoms with van der Waals surface area (Å²) in [6.07, 6.45) is 0.814. The van der Waals surface area contributed by atoms with Gasteiger partial charge >= 0.3 is 7.60 Å². The molecule has 1 aliphatic heterocycles. The fraction of sp³-hybridized carbons (Fsp3) is 0.778. The van der Waals surface area contributed by atoms with Crippen molar-refractivity contribution >= 4 is 7.60 Å². The van der Waals surface area contributed by atoms with Crippen LogP contribution >= 0.6 is 7.60 Å². The van der Waals surface area contributed by atoms with Gasteiger partial charge in [-0.2, -0.15) is 0 Å². The predicted molar refractivity (Wildman–Crippen MR) is 56.2 cm³/mol. The van der Waals surface area contributed by atoms with Crippen molar-refractivity contribution in [1.29, 1.82) is 0 Å². The molecular formula is C9H18NO3P. The minimum absolute atomic E-state index is 0.322. The van der Waals surface area contributed by atoms with E-state index in [1.807, 2.05) is 20.8 Å². The minimum atomic E-state index is -2.95. The highest BCUT2D eigenvalue weighted by Crippen LogP contribution is 2.52. The van der Waals surface area contributed by atoms with E-state index in [1.54, 1.807) is 5.82 Å². The topological polar surface area (TPSA) is 47.6 Å². The highest BCUT2D eigenvalue weighted by Gasteiger charge is 2.25. The summed E-state index contributed by atoms with van der Waals surface area (Å²) in [7, 11) is -2.95. The van der Waals surface area contributed by atoms with Gasteiger partial charge in [0.25, 0.3) is 0 Å². The second kappa shape index (κ2) is 4.96. The van der Waals surface area contributed by atoms with Gasteiger partial charge in [0, 0.05) is 17.6 Å². The first-order chi connectivity index (χ1) is 6.52. The average molecular weight is 219 g/mol. The first-order valence-electron chi connectivity index (χ1n) is 4.87. The number of nitrogens with one attached hydrogen (secondary N) is 1. The summed E-state index contributed by atoms with van der Waals surface area (Å²) in [5.41, 5.74) is 0.838. The van der Waals surface area contributed by atoms with Gasteiger partial charge < -0.3 is 14.4 Å². The van der Waals surface area contributed by atoms with Gasteiger partial charge in [0.05, 0.1) is 13.2 Å². The molecule has 0 aromatic rings. The summed E-state index contributed by atoms with van der Waals surface area (Å²) < 4.78 is 22.1. The third kappa shape index (κ3) is 3.82. The van der Waals surface area contributed by atoms with E-state index in [0.717, 1.165) is 12.1 Å². The molecule has 14 heavy (non-hydrogen) atoms. The van der Waals surface area contributed by atoms with Gasteiger partial charge in [0.15, 0.2) is 0 Å². The Morgan fingerprint density at radius 3 is 2.50 bits per heavy atom. The van der Waals surface area contributed by atoms with Gasteiger partial charge in [-0.3, -0.25) is 4.57 Å². The lowest BCUT2D eigenvalue weighted by molar-refractivity contribution is 0.153. The zero-order valence-electron chi connectivity index (χ0n) is 8.95. The summed E-state index contributed by atoms with van der Waals surface area (Å²) in [5.74, 6) is 1.56. The number of hydrogen-bond donors (Lipinski definition) is 1. The average Bonchev–Trinajstić information content (AvgIpc) is 2.02. The first kappa shape index (κ1) is 11.8. The van der Waals surface area contributed by atoms with Gasteiger partial charge in [-0.05, 0) is 27.2 Å². The van der Waals surface area contributed by atoms with Crippen LogP contribution in [0.2, 0.25) is 0 Å². The van der Waals surface area contributed by atoms with Crippen molar-refractivity contribution in [1.82, 2.24) is 5.32 Å². The summed E-state index contributed by atoms with van der Waals surface area (Å²) >= 11 is 0. The van der Waals surface area contributed by atoms with Crippen LogP contribution in [0.4, 0.5) is 0 Å². The molecule has 1 aliphatic rings. The van der Waals surface area contributed by atoms with Crippen molar-refractivity contribution in [3.63, 3.8) is 0 Å². The van der Waals surface area contributed by atoms with Gasteiger partial charge in [-0.25, -0.2) is 0 Å². The molecular weight excluding hydrogens is 201 g/mol. The largest absolute Gasteiger partial charge is 0.386 e. The molecule has 0 bridgehead atoms. The van der Waals surface area contributed by atoms with Crippen molar-refractivity contribution < 1.29 is 13.6 Å². The van der Waals surface area contributed by atoms with E-state index in [-0.39, 0.29) is 0 Å². The van der Waals surface area contributed by atoms with Gasteiger partial charge in [0.1, 0.15) is 0 Å². The standard InChI is InChI=1S/C9H18NO3P/c1-8(2)10-9(3)7-14(11)12-5-4-6-13-14/h7-8,10H,4-6H2,1-3H3/b9-7-. The summed E-state index contributed by atoms with van der Waals surface area (Å²) in [5, 5.41) is 3.14. The molecule has 0 aromatic heterocycles. The molecule has 4 nitrogen and oxygen atoms in total. The summed E-state index contributed by atoms with van der Waals surface area (Å²) in [4.78, 5) is 0. The van der Waals surface area contributed by atoms with Crippen LogP contribution in [0.5, 0.6) is 0 Å². The van der Waals surface area contributed by atoms with Gasteiger partial charge in [0.2, 0.25) is 0 Å². The SMILES string of the molecule is C/C(=C/P1(=O)OCCCO1)NC(C)C. The fourth-order valence-electron chi connectivity index (χ4n) is 1.28. The van der Waals surface area contributed by atoms with Crippen molar-refractivity contribution in [2.75, 3.05) is 13.2 Å². The minimum Gasteiger partial charge on any atom is -0.386 e. The first-order valence-corrected chi connectivity index (χ1v) is 6.48. The van der Waals surface area contributed by atoms with Crippen LogP contribution in [0.1, 0.15) is 27.2 Å². The van der Waals surface area contributed by atoms with E-state index in [1.165, 1.54) is 0 Å². The molecule has 0 aromatic carbocycles. The monoisotopic (exact) mass is 219 g/mol. The number of allylic oxidation sites excluding steroid dienone is 1. The third-order valence-electron chi connectivity index (χ3n) is 1.70. The van der Waals surface area contributed by atoms with E-state index in [0.29, 0.717) is 19.3 Å². The molecule has 82 valence electrons. The molecule has 5 heteroatoms. The van der Waals surface area contributed by atoms with Crippen molar-refractivity contribution in [2.45, 2.75) is 33.2 Å². The Morgan fingerprint density at radius 1 is 1.43 bits per heavy atom. The predicted octanol–water partition coefficient (Wildman–Crippen LogP) is 2.48. The van der Waals surface area contributed by atoms with Crippen molar-refractivity contribution in [3.05, 3.63) is 11.5 Å². The molecule has 1 N–H and O–H groups in total. The molecule has 0 unspecified atom stereocenters. The van der Waals surface area contributed by atoms with Crippen LogP contribution in [0, 0.1) is 0 Å². The second-order valence-electron chi connectivity index (χ2n) is 3.67. The lowest BCUT2D eigenvalue weighted by Crippen LogP contribution is -2.20. The maximum Gasteiger partial charge on any atom is 0.355 e. The molecule has 1 rings (SSSR count). The van der Waals surface area contributed by atoms with Crippen LogP contribution in [0.25, 0.3) is 0 Å². The molecule has 0 spiro atoms. The quantitative estimate of drug-likeness (QED) is 0.741. The highest BCUT2D eigenvalue weighted by atomic mass is 31.2. The lowest BCUT2D eigenvalue weighted by Gasteiger charge is -2.21. The van der Waals surface area contributed by atoms with Crippen LogP contribution in [-0.2, 0) is 13.6 Å². The van der Waals surface area contributed by atoms with Crippen LogP contribution in [0.15, 0.2) is 11.5 Å². The zero-order chi connectivity index (χ0) is 10.6. The summed E-state index contributed by atoms with van der Waals surface area (Å²) in [6, 6.07) is 0.322. The van der Waals surface area contributed by atoms with E-state index >= 15 is 0 Å². The molecule has 1 heterocycles. The Bertz CT molecular complexity index is 253. The molecule has 0 amide bonds. The molecule has 0 radical (unpaired) electrons. The normalized spacial score (nSPS) is 22.4. The molecule has 1 saturated heterocycles. The summed E-state index contributed by atoms with van der Waals surface area (Å²) in [6.45, 7) is 6.94. The maximum atomic E-state index is 11.9. The molecule has 1 fully saturated rings. The lowest BCUT2D eigenvalue weighted by atomic mass is 10.4. The van der Waals surface area contributed by atoms with Crippen molar-refractivity contribution in [2.24, 2.45) is 0 Å². The van der Waals surface area contributed by atoms with Crippen molar-refractivity contribution in [3.8, 4) is 0 Å². The van der Waals surface area contributed by atoms with E-state index < -0.39 is 7.60 Å². The molecule has 0 aliphatic carbocycles. The Balaban J connectivity index is 2.59. The highest BCUT2D eigenvalue weighted by molar-refractivity contribution is 7.57. The Labute approximate surface area is 85.2 Å². The third-order valence-corrected chi connectivity index (χ3v) is 3.49. The maximum absolute atomic E-state index is 11.9. The molecule has 0 atom stereocenters. The van der Waals surface area contributed by atoms with Gasteiger partial charge in [-0.1, -0.05) is 0 Å². The van der Waals surface area contributed by atoms with E-state index in [4.69, 9.17) is 9.05 Å². The number of rotatable bonds is 3. The van der Waals surface area contributed by atoms with Crippen LogP contribution < -0.4 is 5.32 Å². The van der Waals surface area contributed by atoms with Crippen LogP contribution in [-0.4, -0.2) is 19.3 Å². The van der Waals surface area contributed by atoms with Crippen LogP contribution in [0.3, 0.4) is 0 Å².